The summed E-state index contributed by atoms with van der Waals surface area (Å²) in [5, 5.41) is 9.27. The molecule has 2 bridgehead atoms. The van der Waals surface area contributed by atoms with Crippen LogP contribution in [0.4, 0.5) is 8.78 Å². The Labute approximate surface area is 221 Å². The van der Waals surface area contributed by atoms with Crippen molar-refractivity contribution in [2.24, 2.45) is 10.8 Å². The molecule has 3 saturated carbocycles. The number of fused-ring (bicyclic) bond motifs is 4. The second-order valence-electron chi connectivity index (χ2n) is 10.1. The van der Waals surface area contributed by atoms with Gasteiger partial charge in [-0.2, -0.15) is 5.10 Å². The first-order valence-corrected chi connectivity index (χ1v) is 12.7. The van der Waals surface area contributed by atoms with Gasteiger partial charge in [0, 0.05) is 19.2 Å². The van der Waals surface area contributed by atoms with Gasteiger partial charge in [-0.25, -0.2) is 18.3 Å². The molecule has 0 radical (unpaired) electrons. The number of halogens is 3. The quantitative estimate of drug-likeness (QED) is 0.436. The predicted molar refractivity (Wildman–Crippen MR) is 132 cm³/mol. The lowest BCUT2D eigenvalue weighted by Gasteiger charge is -2.51. The van der Waals surface area contributed by atoms with Gasteiger partial charge < -0.3 is 15.4 Å². The summed E-state index contributed by atoms with van der Waals surface area (Å²) in [5.41, 5.74) is -0.989. The van der Waals surface area contributed by atoms with Crippen LogP contribution in [0, 0.1) is 22.5 Å². The van der Waals surface area contributed by atoms with Crippen LogP contribution < -0.4 is 10.6 Å². The molecule has 2 amide bonds. The standard InChI is InChI=1S/C26H26ClF2N5O4/c1-38-24(37)26-8-5-25(6-9-26,7-10-26)14-31-23(36)21-19(29)20(33-18-4-11-32-34(18)21)22(35)30-13-15-2-3-17(28)16(27)12-15/h2-4,11-12H,5-10,13-14H2,1H3,(H,30,35)(H,31,36). The zero-order valence-corrected chi connectivity index (χ0v) is 21.4. The highest BCUT2D eigenvalue weighted by Gasteiger charge is 2.53. The molecule has 0 aliphatic heterocycles. The first kappa shape index (κ1) is 26.0. The number of carbonyl (C=O) groups is 3. The Morgan fingerprint density at radius 3 is 2.42 bits per heavy atom. The van der Waals surface area contributed by atoms with Crippen molar-refractivity contribution in [2.45, 2.75) is 45.1 Å². The number of carbonyl (C=O) groups excluding carboxylic acids is 3. The number of benzene rings is 1. The molecule has 1 aromatic carbocycles. The smallest absolute Gasteiger partial charge is 0.311 e. The van der Waals surface area contributed by atoms with Gasteiger partial charge in [0.1, 0.15) is 5.82 Å². The van der Waals surface area contributed by atoms with E-state index in [0.717, 1.165) is 29.8 Å². The number of amides is 2. The lowest BCUT2D eigenvalue weighted by molar-refractivity contribution is -0.162. The summed E-state index contributed by atoms with van der Waals surface area (Å²) in [5.74, 6) is -3.45. The Kier molecular flexibility index (Phi) is 6.81. The third kappa shape index (κ3) is 4.59. The van der Waals surface area contributed by atoms with Crippen LogP contribution in [0.5, 0.6) is 0 Å². The summed E-state index contributed by atoms with van der Waals surface area (Å²) in [6.45, 7) is 0.252. The van der Waals surface area contributed by atoms with Crippen molar-refractivity contribution >= 4 is 35.0 Å². The van der Waals surface area contributed by atoms with Crippen LogP contribution in [0.25, 0.3) is 5.65 Å². The molecule has 2 aromatic heterocycles. The highest BCUT2D eigenvalue weighted by molar-refractivity contribution is 6.30. The first-order chi connectivity index (χ1) is 18.2. The second-order valence-corrected chi connectivity index (χ2v) is 10.5. The SMILES string of the molecule is COC(=O)C12CCC(CNC(=O)c3c(F)c(C(=O)NCc4ccc(F)c(Cl)c4)nc4ccnn34)(CC1)CC2. The second kappa shape index (κ2) is 9.94. The fourth-order valence-corrected chi connectivity index (χ4v) is 5.79. The third-order valence-electron chi connectivity index (χ3n) is 7.99. The maximum atomic E-state index is 15.6. The number of ether oxygens (including phenoxy) is 1. The van der Waals surface area contributed by atoms with Gasteiger partial charge in [0.25, 0.3) is 11.8 Å². The minimum Gasteiger partial charge on any atom is -0.469 e. The van der Waals surface area contributed by atoms with Gasteiger partial charge in [0.2, 0.25) is 0 Å². The number of nitrogens with zero attached hydrogens (tertiary/aromatic N) is 3. The van der Waals surface area contributed by atoms with Crippen molar-refractivity contribution in [3.63, 3.8) is 0 Å². The Morgan fingerprint density at radius 2 is 1.76 bits per heavy atom. The van der Waals surface area contributed by atoms with Crippen molar-refractivity contribution < 1.29 is 27.9 Å². The van der Waals surface area contributed by atoms with E-state index in [1.807, 2.05) is 0 Å². The first-order valence-electron chi connectivity index (χ1n) is 12.3. The van der Waals surface area contributed by atoms with E-state index < -0.39 is 40.3 Å². The van der Waals surface area contributed by atoms with Crippen LogP contribution in [0.2, 0.25) is 5.02 Å². The van der Waals surface area contributed by atoms with E-state index in [4.69, 9.17) is 16.3 Å². The van der Waals surface area contributed by atoms with Crippen LogP contribution >= 0.6 is 11.6 Å². The molecule has 3 aliphatic carbocycles. The van der Waals surface area contributed by atoms with E-state index in [1.165, 1.54) is 31.5 Å². The molecule has 3 aliphatic rings. The van der Waals surface area contributed by atoms with Crippen molar-refractivity contribution in [2.75, 3.05) is 13.7 Å². The summed E-state index contributed by atoms with van der Waals surface area (Å²) in [6.07, 6.45) is 5.66. The van der Waals surface area contributed by atoms with E-state index in [9.17, 15) is 18.8 Å². The summed E-state index contributed by atoms with van der Waals surface area (Å²) in [4.78, 5) is 42.4. The summed E-state index contributed by atoms with van der Waals surface area (Å²) in [6, 6.07) is 5.41. The molecule has 3 fully saturated rings. The van der Waals surface area contributed by atoms with Crippen LogP contribution in [0.3, 0.4) is 0 Å². The minimum atomic E-state index is -1.11. The topological polar surface area (TPSA) is 115 Å². The molecule has 200 valence electrons. The predicted octanol–water partition coefficient (Wildman–Crippen LogP) is 3.83. The molecular formula is C26H26ClF2N5O4. The number of aromatic nitrogens is 3. The number of esters is 1. The van der Waals surface area contributed by atoms with E-state index in [2.05, 4.69) is 20.7 Å². The largest absolute Gasteiger partial charge is 0.469 e. The van der Waals surface area contributed by atoms with E-state index in [0.29, 0.717) is 31.4 Å². The molecule has 12 heteroatoms. The molecule has 2 heterocycles. The fourth-order valence-electron chi connectivity index (χ4n) is 5.59. The maximum Gasteiger partial charge on any atom is 0.311 e. The number of hydrogen-bond donors (Lipinski definition) is 2. The van der Waals surface area contributed by atoms with Gasteiger partial charge >= 0.3 is 5.97 Å². The van der Waals surface area contributed by atoms with Crippen LogP contribution in [-0.4, -0.2) is 46.0 Å². The Balaban J connectivity index is 1.32. The minimum absolute atomic E-state index is 0.0541. The lowest BCUT2D eigenvalue weighted by Crippen LogP contribution is -2.50. The third-order valence-corrected chi connectivity index (χ3v) is 8.28. The van der Waals surface area contributed by atoms with Crippen molar-refractivity contribution in [1.82, 2.24) is 25.2 Å². The van der Waals surface area contributed by atoms with Crippen molar-refractivity contribution in [3.05, 3.63) is 64.1 Å². The van der Waals surface area contributed by atoms with E-state index in [-0.39, 0.29) is 28.6 Å². The van der Waals surface area contributed by atoms with Gasteiger partial charge in [-0.05, 0) is 61.6 Å². The average Bonchev–Trinajstić information content (AvgIpc) is 3.40. The Morgan fingerprint density at radius 1 is 1.05 bits per heavy atom. The summed E-state index contributed by atoms with van der Waals surface area (Å²) in [7, 11) is 1.40. The summed E-state index contributed by atoms with van der Waals surface area (Å²) >= 11 is 5.78. The zero-order chi connectivity index (χ0) is 27.1. The number of rotatable bonds is 7. The van der Waals surface area contributed by atoms with Crippen LogP contribution in [-0.2, 0) is 16.1 Å². The number of methoxy groups -OCH3 is 1. The molecule has 38 heavy (non-hydrogen) atoms. The molecule has 6 rings (SSSR count). The maximum absolute atomic E-state index is 15.6. The van der Waals surface area contributed by atoms with E-state index >= 15 is 4.39 Å². The van der Waals surface area contributed by atoms with Crippen LogP contribution in [0.15, 0.2) is 30.5 Å². The molecule has 0 spiro atoms. The van der Waals surface area contributed by atoms with Crippen molar-refractivity contribution in [3.8, 4) is 0 Å². The Hall–Kier alpha value is -3.60. The zero-order valence-electron chi connectivity index (χ0n) is 20.7. The van der Waals surface area contributed by atoms with Gasteiger partial charge in [0.05, 0.1) is 23.7 Å². The lowest BCUT2D eigenvalue weighted by atomic mass is 9.53. The van der Waals surface area contributed by atoms with Crippen LogP contribution in [0.1, 0.15) is 65.1 Å². The molecular weight excluding hydrogens is 520 g/mol. The average molecular weight is 546 g/mol. The monoisotopic (exact) mass is 545 g/mol. The fraction of sp³-hybridized carbons (Fsp3) is 0.423. The molecule has 3 aromatic rings. The molecule has 0 saturated heterocycles. The molecule has 0 unspecified atom stereocenters. The van der Waals surface area contributed by atoms with E-state index in [1.54, 1.807) is 0 Å². The van der Waals surface area contributed by atoms with Gasteiger partial charge in [-0.15, -0.1) is 0 Å². The van der Waals surface area contributed by atoms with Gasteiger partial charge in [0.15, 0.2) is 22.9 Å². The normalized spacial score (nSPS) is 22.3. The molecule has 2 N–H and O–H groups in total. The summed E-state index contributed by atoms with van der Waals surface area (Å²) < 4.78 is 35.1. The van der Waals surface area contributed by atoms with Gasteiger partial charge in [-0.3, -0.25) is 14.4 Å². The highest BCUT2D eigenvalue weighted by Crippen LogP contribution is 2.57. The van der Waals surface area contributed by atoms with Crippen molar-refractivity contribution in [1.29, 1.82) is 0 Å². The highest BCUT2D eigenvalue weighted by atomic mass is 35.5. The molecule has 0 atom stereocenters. The Bertz CT molecular complexity index is 1420. The number of nitrogens with one attached hydrogen (secondary N) is 2. The molecule has 9 nitrogen and oxygen atoms in total. The number of hydrogen-bond acceptors (Lipinski definition) is 6. The van der Waals surface area contributed by atoms with Gasteiger partial charge in [-0.1, -0.05) is 17.7 Å².